The van der Waals surface area contributed by atoms with Gasteiger partial charge in [0.05, 0.1) is 17.5 Å². The maximum absolute atomic E-state index is 12.3. The second-order valence-electron chi connectivity index (χ2n) is 5.41. The number of hydrogen-bond acceptors (Lipinski definition) is 3. The van der Waals surface area contributed by atoms with Gasteiger partial charge in [0, 0.05) is 12.6 Å². The van der Waals surface area contributed by atoms with Crippen molar-refractivity contribution in [2.45, 2.75) is 19.5 Å². The number of hydrogen-bond donors (Lipinski definition) is 2. The fraction of sp³-hybridized carbons (Fsp3) is 0.278. The molecule has 1 amide bonds. The molecular formula is C18H21BrN2O2. The van der Waals surface area contributed by atoms with Crippen LogP contribution in [0.3, 0.4) is 0 Å². The summed E-state index contributed by atoms with van der Waals surface area (Å²) in [5, 5.41) is 2.93. The first-order valence-electron chi connectivity index (χ1n) is 7.43. The van der Waals surface area contributed by atoms with E-state index in [1.54, 1.807) is 7.11 Å². The van der Waals surface area contributed by atoms with Crippen molar-refractivity contribution in [3.8, 4) is 5.75 Å². The fourth-order valence-electron chi connectivity index (χ4n) is 2.30. The van der Waals surface area contributed by atoms with E-state index < -0.39 is 0 Å². The van der Waals surface area contributed by atoms with Crippen molar-refractivity contribution in [2.75, 3.05) is 7.11 Å². The number of ether oxygens (including phenoxy) is 1. The zero-order valence-electron chi connectivity index (χ0n) is 13.3. The van der Waals surface area contributed by atoms with Crippen LogP contribution in [0, 0.1) is 5.92 Å². The van der Waals surface area contributed by atoms with E-state index in [0.29, 0.717) is 6.54 Å². The van der Waals surface area contributed by atoms with Crippen molar-refractivity contribution < 1.29 is 9.53 Å². The summed E-state index contributed by atoms with van der Waals surface area (Å²) in [5.41, 5.74) is 8.14. The summed E-state index contributed by atoms with van der Waals surface area (Å²) in [6.45, 7) is 2.30. The predicted octanol–water partition coefficient (Wildman–Crippen LogP) is 3.41. The minimum absolute atomic E-state index is 0.0618. The van der Waals surface area contributed by atoms with Crippen LogP contribution in [0.1, 0.15) is 24.1 Å². The Labute approximate surface area is 145 Å². The zero-order chi connectivity index (χ0) is 16.8. The van der Waals surface area contributed by atoms with Gasteiger partial charge in [-0.2, -0.15) is 0 Å². The molecule has 0 saturated heterocycles. The van der Waals surface area contributed by atoms with Crippen molar-refractivity contribution in [2.24, 2.45) is 11.7 Å². The lowest BCUT2D eigenvalue weighted by Crippen LogP contribution is -2.35. The summed E-state index contributed by atoms with van der Waals surface area (Å²) in [6, 6.07) is 15.1. The van der Waals surface area contributed by atoms with E-state index in [9.17, 15) is 4.79 Å². The number of halogens is 1. The van der Waals surface area contributed by atoms with E-state index in [2.05, 4.69) is 21.2 Å². The summed E-state index contributed by atoms with van der Waals surface area (Å²) in [6.07, 6.45) is 0. The summed E-state index contributed by atoms with van der Waals surface area (Å²) in [5.74, 6) is 0.395. The monoisotopic (exact) mass is 376 g/mol. The summed E-state index contributed by atoms with van der Waals surface area (Å²) >= 11 is 3.44. The van der Waals surface area contributed by atoms with Crippen LogP contribution in [0.2, 0.25) is 0 Å². The Morgan fingerprint density at radius 2 is 1.96 bits per heavy atom. The molecule has 3 N–H and O–H groups in total. The molecule has 0 aliphatic heterocycles. The van der Waals surface area contributed by atoms with Crippen LogP contribution in [0.5, 0.6) is 5.75 Å². The van der Waals surface area contributed by atoms with Crippen LogP contribution in [0.15, 0.2) is 53.0 Å². The van der Waals surface area contributed by atoms with E-state index in [-0.39, 0.29) is 17.9 Å². The van der Waals surface area contributed by atoms with E-state index in [0.717, 1.165) is 21.3 Å². The highest BCUT2D eigenvalue weighted by atomic mass is 79.9. The molecule has 0 saturated carbocycles. The Kier molecular flexibility index (Phi) is 6.19. The molecule has 2 unspecified atom stereocenters. The number of methoxy groups -OCH3 is 1. The molecule has 2 rings (SSSR count). The van der Waals surface area contributed by atoms with Crippen molar-refractivity contribution in [1.29, 1.82) is 0 Å². The number of nitrogens with one attached hydrogen (secondary N) is 1. The quantitative estimate of drug-likeness (QED) is 0.811. The summed E-state index contributed by atoms with van der Waals surface area (Å²) in [4.78, 5) is 12.3. The topological polar surface area (TPSA) is 64.3 Å². The lowest BCUT2D eigenvalue weighted by atomic mass is 9.94. The number of nitrogens with two attached hydrogens (primary N) is 1. The van der Waals surface area contributed by atoms with Crippen molar-refractivity contribution in [3.05, 3.63) is 64.1 Å². The minimum Gasteiger partial charge on any atom is -0.496 e. The number of carbonyl (C=O) groups excluding carboxylic acids is 1. The van der Waals surface area contributed by atoms with Gasteiger partial charge in [-0.15, -0.1) is 0 Å². The molecule has 0 fully saturated rings. The second-order valence-corrected chi connectivity index (χ2v) is 6.27. The molecule has 0 bridgehead atoms. The largest absolute Gasteiger partial charge is 0.496 e. The molecule has 0 spiro atoms. The van der Waals surface area contributed by atoms with Gasteiger partial charge >= 0.3 is 0 Å². The van der Waals surface area contributed by atoms with Crippen molar-refractivity contribution in [3.63, 3.8) is 0 Å². The smallest absolute Gasteiger partial charge is 0.225 e. The zero-order valence-corrected chi connectivity index (χ0v) is 14.8. The molecule has 0 aromatic heterocycles. The van der Waals surface area contributed by atoms with Gasteiger partial charge < -0.3 is 15.8 Å². The standard InChI is InChI=1S/C18H21BrN2O2/c1-12(17(20)14-6-4-3-5-7-14)18(22)21-11-13-8-9-16(23-2)15(19)10-13/h3-10,12,17H,11,20H2,1-2H3,(H,21,22). The third kappa shape index (κ3) is 4.56. The first kappa shape index (κ1) is 17.5. The van der Waals surface area contributed by atoms with Gasteiger partial charge in [0.25, 0.3) is 0 Å². The first-order valence-corrected chi connectivity index (χ1v) is 8.23. The average Bonchev–Trinajstić information content (AvgIpc) is 2.59. The van der Waals surface area contributed by atoms with Gasteiger partial charge in [-0.25, -0.2) is 0 Å². The molecule has 0 radical (unpaired) electrons. The van der Waals surface area contributed by atoms with Crippen LogP contribution in [-0.4, -0.2) is 13.0 Å². The molecule has 0 aliphatic rings. The molecule has 4 nitrogen and oxygen atoms in total. The summed E-state index contributed by atoms with van der Waals surface area (Å²) < 4.78 is 6.06. The van der Waals surface area contributed by atoms with Gasteiger partial charge in [-0.1, -0.05) is 43.3 Å². The Balaban J connectivity index is 1.95. The Hall–Kier alpha value is -1.85. The Morgan fingerprint density at radius 1 is 1.26 bits per heavy atom. The molecule has 0 aliphatic carbocycles. The van der Waals surface area contributed by atoms with E-state index in [1.165, 1.54) is 0 Å². The van der Waals surface area contributed by atoms with Crippen LogP contribution in [-0.2, 0) is 11.3 Å². The fourth-order valence-corrected chi connectivity index (χ4v) is 2.89. The molecule has 2 aromatic rings. The third-order valence-electron chi connectivity index (χ3n) is 3.82. The van der Waals surface area contributed by atoms with E-state index in [1.807, 2.05) is 55.5 Å². The van der Waals surface area contributed by atoms with Gasteiger partial charge in [0.1, 0.15) is 5.75 Å². The normalized spacial score (nSPS) is 13.2. The van der Waals surface area contributed by atoms with Gasteiger partial charge in [-0.3, -0.25) is 4.79 Å². The van der Waals surface area contributed by atoms with E-state index >= 15 is 0 Å². The highest BCUT2D eigenvalue weighted by molar-refractivity contribution is 9.10. The van der Waals surface area contributed by atoms with Crippen LogP contribution >= 0.6 is 15.9 Å². The average molecular weight is 377 g/mol. The molecule has 5 heteroatoms. The highest BCUT2D eigenvalue weighted by Crippen LogP contribution is 2.25. The minimum atomic E-state index is -0.321. The molecule has 2 atom stereocenters. The molecule has 23 heavy (non-hydrogen) atoms. The van der Waals surface area contributed by atoms with Gasteiger partial charge in [-0.05, 0) is 39.2 Å². The number of benzene rings is 2. The molecule has 2 aromatic carbocycles. The van der Waals surface area contributed by atoms with Crippen LogP contribution in [0.4, 0.5) is 0 Å². The Morgan fingerprint density at radius 3 is 2.57 bits per heavy atom. The lowest BCUT2D eigenvalue weighted by molar-refractivity contribution is -0.125. The third-order valence-corrected chi connectivity index (χ3v) is 4.44. The van der Waals surface area contributed by atoms with Crippen LogP contribution in [0.25, 0.3) is 0 Å². The number of carbonyl (C=O) groups is 1. The first-order chi connectivity index (χ1) is 11.0. The van der Waals surface area contributed by atoms with Crippen molar-refractivity contribution >= 4 is 21.8 Å². The SMILES string of the molecule is COc1ccc(CNC(=O)C(C)C(N)c2ccccc2)cc1Br. The van der Waals surface area contributed by atoms with E-state index in [4.69, 9.17) is 10.5 Å². The van der Waals surface area contributed by atoms with Crippen molar-refractivity contribution in [1.82, 2.24) is 5.32 Å². The number of amides is 1. The molecular weight excluding hydrogens is 356 g/mol. The maximum Gasteiger partial charge on any atom is 0.225 e. The maximum atomic E-state index is 12.3. The van der Waals surface area contributed by atoms with Gasteiger partial charge in [0.15, 0.2) is 0 Å². The molecule has 122 valence electrons. The predicted molar refractivity (Wildman–Crippen MR) is 95.1 cm³/mol. The number of rotatable bonds is 6. The molecule has 0 heterocycles. The lowest BCUT2D eigenvalue weighted by Gasteiger charge is -2.20. The van der Waals surface area contributed by atoms with Crippen LogP contribution < -0.4 is 15.8 Å². The van der Waals surface area contributed by atoms with Gasteiger partial charge in [0.2, 0.25) is 5.91 Å². The summed E-state index contributed by atoms with van der Waals surface area (Å²) in [7, 11) is 1.62. The second kappa shape index (κ2) is 8.13. The highest BCUT2D eigenvalue weighted by Gasteiger charge is 2.21. The Bertz CT molecular complexity index is 661.